The van der Waals surface area contributed by atoms with Gasteiger partial charge in [-0.1, -0.05) is 97.1 Å². The van der Waals surface area contributed by atoms with E-state index in [0.717, 1.165) is 104 Å². The number of fused-ring (bicyclic) bond motifs is 6. The van der Waals surface area contributed by atoms with Crippen molar-refractivity contribution in [1.82, 2.24) is 9.97 Å². The van der Waals surface area contributed by atoms with E-state index in [9.17, 15) is 14.7 Å². The van der Waals surface area contributed by atoms with Gasteiger partial charge >= 0.3 is 0 Å². The van der Waals surface area contributed by atoms with Crippen LogP contribution in [-0.2, 0) is 58.8 Å². The van der Waals surface area contributed by atoms with Gasteiger partial charge in [-0.2, -0.15) is 0 Å². The number of Topliss-reactive ketones (excluding diaryl/α,β-unsaturated/α-hetero) is 2. The first-order valence-electron chi connectivity index (χ1n) is 26.7. The number of nitrogens with zero attached hydrogens (tertiary/aromatic N) is 2. The van der Waals surface area contributed by atoms with Crippen molar-refractivity contribution in [2.45, 2.75) is 146 Å². The number of aliphatic hydroxyl groups is 1. The van der Waals surface area contributed by atoms with E-state index in [-0.39, 0.29) is 28.0 Å². The van der Waals surface area contributed by atoms with Gasteiger partial charge in [-0.25, -0.2) is 0 Å². The lowest BCUT2D eigenvalue weighted by atomic mass is 9.56. The molecule has 3 heterocycles. The first-order valence-corrected chi connectivity index (χ1v) is 26.7. The number of carbonyl (C=O) groups excluding carboxylic acids is 2. The predicted molar refractivity (Wildman–Crippen MR) is 281 cm³/mol. The van der Waals surface area contributed by atoms with Gasteiger partial charge in [-0.15, -0.1) is 0 Å². The molecule has 1 spiro atoms. The van der Waals surface area contributed by atoms with Crippen LogP contribution in [0.1, 0.15) is 148 Å². The molecule has 5 aliphatic rings. The molecular weight excluding hydrogens is 877 g/mol. The number of pyridine rings is 2. The van der Waals surface area contributed by atoms with Crippen LogP contribution in [0, 0.1) is 25.7 Å². The Morgan fingerprint density at radius 1 is 0.634 bits per heavy atom. The lowest BCUT2D eigenvalue weighted by molar-refractivity contribution is -0.0970. The molecule has 4 aliphatic carbocycles. The van der Waals surface area contributed by atoms with E-state index >= 15 is 0 Å². The summed E-state index contributed by atoms with van der Waals surface area (Å²) in [6.07, 6.45) is 18.9. The number of hydrogen-bond donors (Lipinski definition) is 1. The molecule has 6 aromatic rings. The molecule has 7 heteroatoms. The Labute approximate surface area is 421 Å². The summed E-state index contributed by atoms with van der Waals surface area (Å²) in [5.74, 6) is 1.33. The van der Waals surface area contributed by atoms with Crippen LogP contribution in [0.4, 0.5) is 0 Å². The monoisotopic (exact) mass is 949 g/mol. The topological polar surface area (TPSA) is 102 Å². The molecular formula is C64H72N2O5. The van der Waals surface area contributed by atoms with Gasteiger partial charge in [0.2, 0.25) is 0 Å². The standard InChI is InChI=1S/C33H39NO3.C31H33NO2/c1-3-37-23-32(36)16-17-33(21-25-9-5-4-6-10-25)29(22-32)13-7-11-27-19-28(14-15-30(27)33)31(35)20-26-12-8-18-34-24(26)2;1-22-24(10-6-16-32-22)18-29(33)26-12-13-28-25(17-26)9-5-11-27-20-30(21-34-30)14-15-31(27,28)19-23-7-3-2-4-8-23/h4-6,8-10,12,14-15,18-19,29,36H,3,7,11,13,16-17,20-23H2,1-2H3;2-4,6-8,10,12-13,16-17,27H,5,9,11,14-15,18-21H2,1H3/t29-,32+,33-;27-,30+,31-/m00/s1. The van der Waals surface area contributed by atoms with E-state index in [0.29, 0.717) is 37.9 Å². The summed E-state index contributed by atoms with van der Waals surface area (Å²) in [5, 5.41) is 11.5. The van der Waals surface area contributed by atoms with Crippen molar-refractivity contribution in [2.24, 2.45) is 11.8 Å². The molecule has 368 valence electrons. The molecule has 4 aromatic carbocycles. The van der Waals surface area contributed by atoms with Gasteiger partial charge in [0.1, 0.15) is 0 Å². The van der Waals surface area contributed by atoms with Crippen molar-refractivity contribution in [1.29, 1.82) is 0 Å². The number of ketones is 2. The maximum absolute atomic E-state index is 13.3. The molecule has 0 radical (unpaired) electrons. The molecule has 2 aromatic heterocycles. The fourth-order valence-corrected chi connectivity index (χ4v) is 13.6. The number of hydrogen-bond acceptors (Lipinski definition) is 7. The first-order chi connectivity index (χ1) is 34.5. The molecule has 1 saturated heterocycles. The summed E-state index contributed by atoms with van der Waals surface area (Å²) in [6.45, 7) is 7.91. The van der Waals surface area contributed by atoms with Crippen molar-refractivity contribution in [2.75, 3.05) is 19.8 Å². The number of benzene rings is 4. The van der Waals surface area contributed by atoms with Gasteiger partial charge in [-0.05, 0) is 191 Å². The summed E-state index contributed by atoms with van der Waals surface area (Å²) in [6, 6.07) is 42.7. The maximum Gasteiger partial charge on any atom is 0.167 e. The molecule has 11 rings (SSSR count). The zero-order chi connectivity index (χ0) is 49.1. The molecule has 2 saturated carbocycles. The fourth-order valence-electron chi connectivity index (χ4n) is 13.6. The van der Waals surface area contributed by atoms with E-state index < -0.39 is 5.60 Å². The molecule has 1 aliphatic heterocycles. The van der Waals surface area contributed by atoms with Crippen molar-refractivity contribution in [3.8, 4) is 0 Å². The summed E-state index contributed by atoms with van der Waals surface area (Å²) >= 11 is 0. The molecule has 0 bridgehead atoms. The highest BCUT2D eigenvalue weighted by Crippen LogP contribution is 2.58. The number of carbonyl (C=O) groups is 2. The van der Waals surface area contributed by atoms with Gasteiger partial charge in [0.05, 0.1) is 24.4 Å². The van der Waals surface area contributed by atoms with Crippen LogP contribution in [-0.4, -0.2) is 57.7 Å². The third-order valence-electron chi connectivity index (χ3n) is 17.6. The second kappa shape index (κ2) is 20.9. The third-order valence-corrected chi connectivity index (χ3v) is 17.6. The largest absolute Gasteiger partial charge is 0.387 e. The Bertz CT molecular complexity index is 2840. The smallest absolute Gasteiger partial charge is 0.167 e. The Morgan fingerprint density at radius 2 is 1.13 bits per heavy atom. The minimum absolute atomic E-state index is 0.0485. The number of aryl methyl sites for hydroxylation is 4. The van der Waals surface area contributed by atoms with Gasteiger partial charge in [0, 0.05) is 65.2 Å². The molecule has 71 heavy (non-hydrogen) atoms. The fraction of sp³-hybridized carbons (Fsp3) is 0.438. The molecule has 0 amide bonds. The summed E-state index contributed by atoms with van der Waals surface area (Å²) in [5.41, 5.74) is 13.3. The summed E-state index contributed by atoms with van der Waals surface area (Å²) in [4.78, 5) is 35.3. The Balaban J connectivity index is 0.000000164. The van der Waals surface area contributed by atoms with Crippen LogP contribution < -0.4 is 0 Å². The molecule has 1 N–H and O–H groups in total. The number of ether oxygens (including phenoxy) is 2. The highest BCUT2D eigenvalue weighted by molar-refractivity contribution is 5.98. The SMILES string of the molecule is CCOC[C@@]1(O)CC[C@@]2(Cc3ccccc3)c3ccc(C(=O)Cc4cccnc4C)cc3CCC[C@H]2C1.Cc1ncccc1CC(=O)c1ccc2c(c1)CCC[C@H]1C[C@]3(CC[C@@]21Cc1ccccc1)CO3. The number of rotatable bonds is 13. The van der Waals surface area contributed by atoms with Crippen LogP contribution in [0.3, 0.4) is 0 Å². The Kier molecular flexibility index (Phi) is 14.4. The van der Waals surface area contributed by atoms with E-state index in [2.05, 4.69) is 101 Å². The van der Waals surface area contributed by atoms with Crippen molar-refractivity contribution >= 4 is 11.6 Å². The molecule has 0 unspecified atom stereocenters. The maximum atomic E-state index is 13.3. The van der Waals surface area contributed by atoms with Crippen LogP contribution in [0.15, 0.2) is 134 Å². The van der Waals surface area contributed by atoms with Crippen LogP contribution in [0.25, 0.3) is 0 Å². The highest BCUT2D eigenvalue weighted by atomic mass is 16.6. The van der Waals surface area contributed by atoms with Gasteiger partial charge < -0.3 is 14.6 Å². The van der Waals surface area contributed by atoms with Crippen molar-refractivity contribution in [3.05, 3.63) is 201 Å². The Hall–Kier alpha value is -5.60. The van der Waals surface area contributed by atoms with E-state index in [1.54, 1.807) is 12.4 Å². The van der Waals surface area contributed by atoms with Gasteiger partial charge in [0.15, 0.2) is 11.6 Å². The van der Waals surface area contributed by atoms with Gasteiger partial charge in [-0.3, -0.25) is 19.6 Å². The number of aromatic nitrogens is 2. The second-order valence-electron chi connectivity index (χ2n) is 22.0. The average Bonchev–Trinajstić information content (AvgIpc) is 4.19. The van der Waals surface area contributed by atoms with E-state index in [1.165, 1.54) is 59.1 Å². The van der Waals surface area contributed by atoms with E-state index in [1.807, 2.05) is 51.1 Å². The molecule has 6 atom stereocenters. The van der Waals surface area contributed by atoms with Crippen LogP contribution in [0.2, 0.25) is 0 Å². The first kappa shape index (κ1) is 49.0. The van der Waals surface area contributed by atoms with Crippen molar-refractivity contribution in [3.63, 3.8) is 0 Å². The lowest BCUT2D eigenvalue weighted by Gasteiger charge is -2.50. The van der Waals surface area contributed by atoms with Crippen LogP contribution >= 0.6 is 0 Å². The van der Waals surface area contributed by atoms with Gasteiger partial charge in [0.25, 0.3) is 0 Å². The number of epoxide rings is 1. The van der Waals surface area contributed by atoms with Crippen LogP contribution in [0.5, 0.6) is 0 Å². The normalized spacial score (nSPS) is 26.3. The summed E-state index contributed by atoms with van der Waals surface area (Å²) in [7, 11) is 0. The second-order valence-corrected chi connectivity index (χ2v) is 22.0. The lowest BCUT2D eigenvalue weighted by Crippen LogP contribution is -2.51. The zero-order valence-electron chi connectivity index (χ0n) is 42.3. The minimum Gasteiger partial charge on any atom is -0.387 e. The predicted octanol–water partition coefficient (Wildman–Crippen LogP) is 12.4. The quantitative estimate of drug-likeness (QED) is 0.0909. The average molecular weight is 949 g/mol. The minimum atomic E-state index is -0.761. The van der Waals surface area contributed by atoms with Crippen molar-refractivity contribution < 1.29 is 24.2 Å². The Morgan fingerprint density at radius 3 is 1.61 bits per heavy atom. The zero-order valence-corrected chi connectivity index (χ0v) is 42.3. The summed E-state index contributed by atoms with van der Waals surface area (Å²) < 4.78 is 11.7. The molecule has 3 fully saturated rings. The van der Waals surface area contributed by atoms with E-state index in [4.69, 9.17) is 9.47 Å². The third kappa shape index (κ3) is 10.5. The molecule has 7 nitrogen and oxygen atoms in total. The highest BCUT2D eigenvalue weighted by Gasteiger charge is 2.57.